The number of hydrogen-bond donors (Lipinski definition) is 2. The van der Waals surface area contributed by atoms with Crippen molar-refractivity contribution >= 4 is 41.4 Å². The Labute approximate surface area is 191 Å². The zero-order chi connectivity index (χ0) is 23.7. The number of anilines is 1. The van der Waals surface area contributed by atoms with E-state index >= 15 is 0 Å². The van der Waals surface area contributed by atoms with E-state index in [0.717, 1.165) is 0 Å². The van der Waals surface area contributed by atoms with Crippen LogP contribution in [0.25, 0.3) is 0 Å². The quantitative estimate of drug-likeness (QED) is 0.312. The number of carbonyl (C=O) groups is 4. The van der Waals surface area contributed by atoms with Gasteiger partial charge in [-0.05, 0) is 30.5 Å². The lowest BCUT2D eigenvalue weighted by Crippen LogP contribution is -2.43. The highest BCUT2D eigenvalue weighted by Gasteiger charge is 2.41. The number of carbonyl (C=O) groups excluding carboxylic acids is 4. The van der Waals surface area contributed by atoms with Gasteiger partial charge in [-0.1, -0.05) is 25.3 Å². The zero-order valence-corrected chi connectivity index (χ0v) is 18.6. The number of hydrogen-bond acceptors (Lipinski definition) is 7. The second-order valence-corrected chi connectivity index (χ2v) is 7.52. The van der Waals surface area contributed by atoms with E-state index in [9.17, 15) is 19.2 Å². The van der Waals surface area contributed by atoms with Crippen molar-refractivity contribution in [3.05, 3.63) is 49.1 Å². The molecule has 9 nitrogen and oxygen atoms in total. The van der Waals surface area contributed by atoms with Gasteiger partial charge in [0.05, 0.1) is 18.4 Å². The lowest BCUT2D eigenvalue weighted by Gasteiger charge is -2.23. The third-order valence-corrected chi connectivity index (χ3v) is 4.92. The number of esters is 1. The maximum atomic E-state index is 13.1. The highest BCUT2D eigenvalue weighted by molar-refractivity contribution is 7.96. The van der Waals surface area contributed by atoms with Gasteiger partial charge in [0.1, 0.15) is 25.0 Å². The standard InChI is InChI=1S/C22H26N2O7S/c1-4-8-30-21(27)15-6-7-18(29-3)16(12-15)23-20(26)17-10-14(11-19(25)32)13-24(17)22(28)31-9-5-2/h4-7,12,14,17H,1-2,8-11,13H2,3H3,(H,23,26)(H,25,32)/t14-,17-/m0/s1. The molecule has 0 aromatic heterocycles. The molecule has 32 heavy (non-hydrogen) atoms. The lowest BCUT2D eigenvalue weighted by molar-refractivity contribution is -0.120. The second kappa shape index (κ2) is 11.9. The molecule has 0 spiro atoms. The van der Waals surface area contributed by atoms with Crippen LogP contribution in [0.2, 0.25) is 0 Å². The maximum Gasteiger partial charge on any atom is 0.410 e. The summed E-state index contributed by atoms with van der Waals surface area (Å²) in [6.07, 6.45) is 2.54. The molecular formula is C22H26N2O7S. The van der Waals surface area contributed by atoms with Crippen LogP contribution in [-0.2, 0) is 19.1 Å². The molecule has 1 aliphatic heterocycles. The molecule has 10 heteroatoms. The van der Waals surface area contributed by atoms with Crippen LogP contribution in [0.5, 0.6) is 5.75 Å². The van der Waals surface area contributed by atoms with Gasteiger partial charge in [-0.3, -0.25) is 14.5 Å². The molecule has 1 heterocycles. The van der Waals surface area contributed by atoms with E-state index in [1.54, 1.807) is 0 Å². The van der Waals surface area contributed by atoms with Crippen molar-refractivity contribution in [1.29, 1.82) is 0 Å². The van der Waals surface area contributed by atoms with Crippen molar-refractivity contribution in [3.8, 4) is 5.75 Å². The third kappa shape index (κ3) is 6.61. The Morgan fingerprint density at radius 3 is 2.50 bits per heavy atom. The second-order valence-electron chi connectivity index (χ2n) is 7.02. The van der Waals surface area contributed by atoms with Gasteiger partial charge >= 0.3 is 12.1 Å². The van der Waals surface area contributed by atoms with Crippen molar-refractivity contribution in [2.75, 3.05) is 32.2 Å². The van der Waals surface area contributed by atoms with Crippen LogP contribution < -0.4 is 10.1 Å². The molecule has 2 rings (SSSR count). The number of amides is 2. The summed E-state index contributed by atoms with van der Waals surface area (Å²) < 4.78 is 15.4. The van der Waals surface area contributed by atoms with Gasteiger partial charge in [0.15, 0.2) is 5.12 Å². The maximum absolute atomic E-state index is 13.1. The highest BCUT2D eigenvalue weighted by atomic mass is 32.1. The van der Waals surface area contributed by atoms with Crippen LogP contribution in [0, 0.1) is 5.92 Å². The summed E-state index contributed by atoms with van der Waals surface area (Å²) in [4.78, 5) is 50.4. The first-order chi connectivity index (χ1) is 15.3. The molecule has 1 fully saturated rings. The molecule has 1 N–H and O–H groups in total. The molecule has 0 saturated carbocycles. The van der Waals surface area contributed by atoms with E-state index in [1.165, 1.54) is 42.4 Å². The van der Waals surface area contributed by atoms with Gasteiger partial charge in [0, 0.05) is 13.0 Å². The van der Waals surface area contributed by atoms with Crippen molar-refractivity contribution in [3.63, 3.8) is 0 Å². The fourth-order valence-corrected chi connectivity index (χ4v) is 3.61. The number of methoxy groups -OCH3 is 1. The monoisotopic (exact) mass is 462 g/mol. The van der Waals surface area contributed by atoms with Gasteiger partial charge in [-0.25, -0.2) is 9.59 Å². The molecule has 0 unspecified atom stereocenters. The van der Waals surface area contributed by atoms with Crippen molar-refractivity contribution < 1.29 is 33.4 Å². The van der Waals surface area contributed by atoms with Crippen molar-refractivity contribution in [1.82, 2.24) is 4.90 Å². The first kappa shape index (κ1) is 25.0. The summed E-state index contributed by atoms with van der Waals surface area (Å²) in [6, 6.07) is 3.56. The topological polar surface area (TPSA) is 111 Å². The van der Waals surface area contributed by atoms with E-state index < -0.39 is 24.0 Å². The molecule has 2 atom stereocenters. The minimum Gasteiger partial charge on any atom is -0.495 e. The first-order valence-electron chi connectivity index (χ1n) is 9.83. The molecule has 172 valence electrons. The number of likely N-dealkylation sites (tertiary alicyclic amines) is 1. The van der Waals surface area contributed by atoms with E-state index in [0.29, 0.717) is 5.75 Å². The number of benzene rings is 1. The summed E-state index contributed by atoms with van der Waals surface area (Å²) in [5, 5.41) is 2.37. The number of rotatable bonds is 10. The Hall–Kier alpha value is -3.27. The summed E-state index contributed by atoms with van der Waals surface area (Å²) >= 11 is 3.80. The van der Waals surface area contributed by atoms with Crippen LogP contribution >= 0.6 is 12.6 Å². The van der Waals surface area contributed by atoms with Crippen LogP contribution in [0.4, 0.5) is 10.5 Å². The molecule has 1 aromatic rings. The Bertz CT molecular complexity index is 902. The van der Waals surface area contributed by atoms with E-state index in [4.69, 9.17) is 14.2 Å². The van der Waals surface area contributed by atoms with Crippen LogP contribution in [0.3, 0.4) is 0 Å². The Kier molecular flexibility index (Phi) is 9.33. The van der Waals surface area contributed by atoms with Crippen LogP contribution in [0.15, 0.2) is 43.5 Å². The van der Waals surface area contributed by atoms with Crippen molar-refractivity contribution in [2.45, 2.75) is 18.9 Å². The molecule has 2 amide bonds. The highest BCUT2D eigenvalue weighted by Crippen LogP contribution is 2.31. The minimum absolute atomic E-state index is 0.0114. The van der Waals surface area contributed by atoms with Gasteiger partial charge < -0.3 is 19.5 Å². The normalized spacial score (nSPS) is 17.2. The molecule has 1 aliphatic rings. The average molecular weight is 463 g/mol. The molecule has 0 aliphatic carbocycles. The fourth-order valence-electron chi connectivity index (χ4n) is 3.35. The summed E-state index contributed by atoms with van der Waals surface area (Å²) in [7, 11) is 1.42. The van der Waals surface area contributed by atoms with E-state index in [2.05, 4.69) is 31.1 Å². The van der Waals surface area contributed by atoms with Crippen LogP contribution in [-0.4, -0.2) is 60.9 Å². The van der Waals surface area contributed by atoms with Gasteiger partial charge in [-0.15, -0.1) is 12.6 Å². The average Bonchev–Trinajstić information content (AvgIpc) is 3.19. The number of nitrogens with one attached hydrogen (secondary N) is 1. The summed E-state index contributed by atoms with van der Waals surface area (Å²) in [6.45, 7) is 7.19. The Morgan fingerprint density at radius 1 is 1.19 bits per heavy atom. The van der Waals surface area contributed by atoms with Crippen LogP contribution in [0.1, 0.15) is 23.2 Å². The fraction of sp³-hybridized carbons (Fsp3) is 0.364. The molecule has 0 radical (unpaired) electrons. The smallest absolute Gasteiger partial charge is 0.410 e. The summed E-state index contributed by atoms with van der Waals surface area (Å²) in [5.74, 6) is -1.02. The zero-order valence-electron chi connectivity index (χ0n) is 17.7. The number of nitrogens with zero attached hydrogens (tertiary/aromatic N) is 1. The first-order valence-corrected chi connectivity index (χ1v) is 10.3. The predicted octanol–water partition coefficient (Wildman–Crippen LogP) is 2.84. The minimum atomic E-state index is -0.883. The van der Waals surface area contributed by atoms with Gasteiger partial charge in [0.25, 0.3) is 0 Å². The Morgan fingerprint density at radius 2 is 1.88 bits per heavy atom. The van der Waals surface area contributed by atoms with Gasteiger partial charge in [-0.2, -0.15) is 0 Å². The molecular weight excluding hydrogens is 436 g/mol. The SMILES string of the molecule is C=CCOC(=O)c1ccc(OC)c(NC(=O)[C@@H]2C[C@@H](CC(=O)S)CN2C(=O)OCC=C)c1. The predicted molar refractivity (Wildman–Crippen MR) is 121 cm³/mol. The molecule has 1 saturated heterocycles. The largest absolute Gasteiger partial charge is 0.495 e. The summed E-state index contributed by atoms with van der Waals surface area (Å²) in [5.41, 5.74) is 0.439. The van der Waals surface area contributed by atoms with E-state index in [1.807, 2.05) is 0 Å². The third-order valence-electron chi connectivity index (χ3n) is 4.74. The molecule has 0 bridgehead atoms. The number of ether oxygens (including phenoxy) is 3. The number of thiol groups is 1. The molecule has 1 aromatic carbocycles. The van der Waals surface area contributed by atoms with Gasteiger partial charge in [0.2, 0.25) is 5.91 Å². The van der Waals surface area contributed by atoms with E-state index in [-0.39, 0.29) is 54.9 Å². The lowest BCUT2D eigenvalue weighted by atomic mass is 10.0. The van der Waals surface area contributed by atoms with Crippen molar-refractivity contribution in [2.24, 2.45) is 5.92 Å². The Balaban J connectivity index is 2.24.